The second-order valence-corrected chi connectivity index (χ2v) is 5.44. The maximum Gasteiger partial charge on any atom is 0.162 e. The van der Waals surface area contributed by atoms with Crippen molar-refractivity contribution in [3.63, 3.8) is 0 Å². The molecule has 0 saturated heterocycles. The van der Waals surface area contributed by atoms with Crippen LogP contribution in [0.2, 0.25) is 0 Å². The lowest BCUT2D eigenvalue weighted by molar-refractivity contribution is 0.368. The molecule has 0 fully saturated rings. The van der Waals surface area contributed by atoms with Gasteiger partial charge in [0, 0.05) is 6.04 Å². The molecule has 0 amide bonds. The summed E-state index contributed by atoms with van der Waals surface area (Å²) < 4.78 is 27.0. The van der Waals surface area contributed by atoms with Gasteiger partial charge in [0.05, 0.1) is 0 Å². The quantitative estimate of drug-likeness (QED) is 0.885. The Bertz CT molecular complexity index is 624. The van der Waals surface area contributed by atoms with Crippen molar-refractivity contribution in [2.24, 2.45) is 11.7 Å². The Morgan fingerprint density at radius 3 is 2.70 bits per heavy atom. The van der Waals surface area contributed by atoms with E-state index in [-0.39, 0.29) is 12.0 Å². The second-order valence-electron chi connectivity index (χ2n) is 5.44. The van der Waals surface area contributed by atoms with Gasteiger partial charge in [-0.05, 0) is 47.9 Å². The third kappa shape index (κ3) is 2.34. The van der Waals surface area contributed by atoms with Gasteiger partial charge in [0.2, 0.25) is 0 Å². The molecule has 0 radical (unpaired) electrons. The van der Waals surface area contributed by atoms with Gasteiger partial charge < -0.3 is 5.73 Å². The molecule has 1 nitrogen and oxygen atoms in total. The van der Waals surface area contributed by atoms with Gasteiger partial charge >= 0.3 is 0 Å². The average Bonchev–Trinajstić information content (AvgIpc) is 2.47. The van der Waals surface area contributed by atoms with Crippen LogP contribution in [0.3, 0.4) is 0 Å². The van der Waals surface area contributed by atoms with Gasteiger partial charge in [0.1, 0.15) is 0 Å². The Kier molecular flexibility index (Phi) is 3.53. The summed E-state index contributed by atoms with van der Waals surface area (Å²) in [6.07, 6.45) is 2.35. The third-order valence-electron chi connectivity index (χ3n) is 4.22. The minimum atomic E-state index is -0.785. The van der Waals surface area contributed by atoms with Crippen LogP contribution in [0, 0.1) is 17.6 Å². The summed E-state index contributed by atoms with van der Waals surface area (Å²) in [6.45, 7) is 0. The Morgan fingerprint density at radius 1 is 1.05 bits per heavy atom. The van der Waals surface area contributed by atoms with E-state index in [0.29, 0.717) is 12.0 Å². The molecule has 0 saturated carbocycles. The van der Waals surface area contributed by atoms with E-state index in [4.69, 9.17) is 5.73 Å². The molecule has 0 spiro atoms. The predicted octanol–water partition coefficient (Wildman–Crippen LogP) is 3.77. The highest BCUT2D eigenvalue weighted by Gasteiger charge is 2.27. The molecule has 20 heavy (non-hydrogen) atoms. The third-order valence-corrected chi connectivity index (χ3v) is 4.22. The zero-order chi connectivity index (χ0) is 14.1. The first-order valence-corrected chi connectivity index (χ1v) is 6.93. The lowest BCUT2D eigenvalue weighted by Crippen LogP contribution is -2.29. The number of nitrogens with two attached hydrogens (primary N) is 1. The molecule has 0 heterocycles. The highest BCUT2D eigenvalue weighted by Crippen LogP contribution is 2.35. The number of hydrogen-bond donors (Lipinski definition) is 1. The first-order chi connectivity index (χ1) is 9.66. The van der Waals surface area contributed by atoms with Gasteiger partial charge in [0.25, 0.3) is 0 Å². The van der Waals surface area contributed by atoms with Gasteiger partial charge in [-0.25, -0.2) is 8.78 Å². The summed E-state index contributed by atoms with van der Waals surface area (Å²) in [5, 5.41) is 0. The molecule has 0 bridgehead atoms. The number of halogens is 2. The van der Waals surface area contributed by atoms with E-state index in [1.807, 2.05) is 18.2 Å². The molecule has 2 aromatic carbocycles. The molecule has 3 rings (SSSR count). The molecular formula is C17H17F2N. The van der Waals surface area contributed by atoms with Crippen molar-refractivity contribution in [3.8, 4) is 0 Å². The monoisotopic (exact) mass is 273 g/mol. The van der Waals surface area contributed by atoms with Crippen LogP contribution < -0.4 is 5.73 Å². The van der Waals surface area contributed by atoms with E-state index in [9.17, 15) is 8.78 Å². The molecule has 1 aliphatic carbocycles. The van der Waals surface area contributed by atoms with Crippen molar-refractivity contribution in [1.29, 1.82) is 0 Å². The Balaban J connectivity index is 1.85. The van der Waals surface area contributed by atoms with Crippen molar-refractivity contribution < 1.29 is 8.78 Å². The van der Waals surface area contributed by atoms with E-state index in [1.165, 1.54) is 5.56 Å². The molecule has 1 aliphatic rings. The number of rotatable bonds is 2. The fraction of sp³-hybridized carbons (Fsp3) is 0.294. The van der Waals surface area contributed by atoms with Crippen LogP contribution in [0.25, 0.3) is 0 Å². The fourth-order valence-corrected chi connectivity index (χ4v) is 3.08. The Labute approximate surface area is 117 Å². The largest absolute Gasteiger partial charge is 0.324 e. The highest BCUT2D eigenvalue weighted by atomic mass is 19.2. The van der Waals surface area contributed by atoms with Crippen molar-refractivity contribution in [2.45, 2.75) is 25.3 Å². The number of hydrogen-bond acceptors (Lipinski definition) is 1. The highest BCUT2D eigenvalue weighted by molar-refractivity contribution is 5.33. The van der Waals surface area contributed by atoms with Crippen LogP contribution in [-0.4, -0.2) is 0 Å². The van der Waals surface area contributed by atoms with Crippen LogP contribution in [0.4, 0.5) is 8.78 Å². The summed E-state index contributed by atoms with van der Waals surface area (Å²) >= 11 is 0. The zero-order valence-electron chi connectivity index (χ0n) is 11.2. The molecular weight excluding hydrogens is 256 g/mol. The molecule has 0 aliphatic heterocycles. The Hall–Kier alpha value is -1.74. The smallest absolute Gasteiger partial charge is 0.162 e. The number of benzene rings is 2. The molecule has 2 aromatic rings. The molecule has 0 aromatic heterocycles. The molecule has 2 N–H and O–H groups in total. The Morgan fingerprint density at radius 2 is 1.85 bits per heavy atom. The van der Waals surface area contributed by atoms with Gasteiger partial charge in [-0.1, -0.05) is 36.4 Å². The van der Waals surface area contributed by atoms with Crippen LogP contribution in [0.1, 0.15) is 29.2 Å². The van der Waals surface area contributed by atoms with Gasteiger partial charge in [-0.3, -0.25) is 0 Å². The normalized spacial score (nSPS) is 21.6. The maximum absolute atomic E-state index is 13.8. The summed E-state index contributed by atoms with van der Waals surface area (Å²) in [5.74, 6) is -1.37. The van der Waals surface area contributed by atoms with Crippen LogP contribution in [0.15, 0.2) is 42.5 Å². The van der Waals surface area contributed by atoms with E-state index >= 15 is 0 Å². The summed E-state index contributed by atoms with van der Waals surface area (Å²) in [5.41, 5.74) is 9.14. The summed E-state index contributed by atoms with van der Waals surface area (Å²) in [4.78, 5) is 0. The SMILES string of the molecule is NC1c2ccccc2CCC1Cc1cccc(F)c1F. The van der Waals surface area contributed by atoms with Crippen LogP contribution in [-0.2, 0) is 12.8 Å². The van der Waals surface area contributed by atoms with Gasteiger partial charge in [0.15, 0.2) is 11.6 Å². The van der Waals surface area contributed by atoms with Crippen molar-refractivity contribution >= 4 is 0 Å². The van der Waals surface area contributed by atoms with Crippen LogP contribution >= 0.6 is 0 Å². The minimum Gasteiger partial charge on any atom is -0.324 e. The summed E-state index contributed by atoms with van der Waals surface area (Å²) in [7, 11) is 0. The zero-order valence-corrected chi connectivity index (χ0v) is 11.2. The van der Waals surface area contributed by atoms with E-state index in [1.54, 1.807) is 12.1 Å². The standard InChI is InChI=1S/C17H17F2N/c18-15-7-3-5-12(16(15)19)10-13-9-8-11-4-1-2-6-14(11)17(13)20/h1-7,13,17H,8-10,20H2. The first-order valence-electron chi connectivity index (χ1n) is 6.93. The average molecular weight is 273 g/mol. The number of fused-ring (bicyclic) bond motifs is 1. The van der Waals surface area contributed by atoms with Crippen molar-refractivity contribution in [1.82, 2.24) is 0 Å². The lowest BCUT2D eigenvalue weighted by atomic mass is 9.77. The van der Waals surface area contributed by atoms with E-state index < -0.39 is 11.6 Å². The minimum absolute atomic E-state index is 0.109. The topological polar surface area (TPSA) is 26.0 Å². The lowest BCUT2D eigenvalue weighted by Gasteiger charge is -2.31. The van der Waals surface area contributed by atoms with Crippen molar-refractivity contribution in [2.75, 3.05) is 0 Å². The summed E-state index contributed by atoms with van der Waals surface area (Å²) in [6, 6.07) is 12.4. The van der Waals surface area contributed by atoms with Gasteiger partial charge in [-0.2, -0.15) is 0 Å². The fourth-order valence-electron chi connectivity index (χ4n) is 3.08. The number of aryl methyl sites for hydroxylation is 1. The first kappa shape index (κ1) is 13.3. The van der Waals surface area contributed by atoms with E-state index in [0.717, 1.165) is 24.5 Å². The molecule has 2 atom stereocenters. The molecule has 104 valence electrons. The maximum atomic E-state index is 13.8. The predicted molar refractivity (Wildman–Crippen MR) is 75.2 cm³/mol. The van der Waals surface area contributed by atoms with Crippen molar-refractivity contribution in [3.05, 3.63) is 70.8 Å². The molecule has 3 heteroatoms. The van der Waals surface area contributed by atoms with E-state index in [2.05, 4.69) is 6.07 Å². The molecule has 2 unspecified atom stereocenters. The van der Waals surface area contributed by atoms with Gasteiger partial charge in [-0.15, -0.1) is 0 Å². The van der Waals surface area contributed by atoms with Crippen LogP contribution in [0.5, 0.6) is 0 Å². The second kappa shape index (κ2) is 5.33.